The first kappa shape index (κ1) is 13.0. The summed E-state index contributed by atoms with van der Waals surface area (Å²) in [5.41, 5.74) is 1.51. The normalized spacial score (nSPS) is 14.6. The van der Waals surface area contributed by atoms with E-state index in [-0.39, 0.29) is 5.76 Å². The number of oxazole rings is 1. The Morgan fingerprint density at radius 3 is 2.70 bits per heavy atom. The average Bonchev–Trinajstić information content (AvgIpc) is 3.06. The van der Waals surface area contributed by atoms with Crippen LogP contribution in [0.4, 0.5) is 0 Å². The summed E-state index contributed by atoms with van der Waals surface area (Å²) in [6, 6.07) is 1.87. The molecular weight excluding hydrogens is 258 g/mol. The lowest BCUT2D eigenvalue weighted by atomic mass is 10.2. The molecule has 0 aromatic carbocycles. The van der Waals surface area contributed by atoms with Gasteiger partial charge in [-0.05, 0) is 39.7 Å². The minimum Gasteiger partial charge on any atom is -0.466 e. The van der Waals surface area contributed by atoms with Gasteiger partial charge in [-0.3, -0.25) is 0 Å². The van der Waals surface area contributed by atoms with E-state index in [2.05, 4.69) is 4.98 Å². The molecule has 0 saturated heterocycles. The van der Waals surface area contributed by atoms with Crippen molar-refractivity contribution in [2.24, 2.45) is 0 Å². The van der Waals surface area contributed by atoms with Crippen molar-refractivity contribution in [3.05, 3.63) is 29.0 Å². The van der Waals surface area contributed by atoms with Crippen LogP contribution in [-0.4, -0.2) is 17.6 Å². The Kier molecular flexibility index (Phi) is 3.12. The molecule has 2 heterocycles. The zero-order valence-corrected chi connectivity index (χ0v) is 11.9. The van der Waals surface area contributed by atoms with Gasteiger partial charge in [-0.2, -0.15) is 0 Å². The van der Waals surface area contributed by atoms with Gasteiger partial charge in [0, 0.05) is 5.92 Å². The van der Waals surface area contributed by atoms with Crippen molar-refractivity contribution in [2.75, 3.05) is 6.61 Å². The number of aromatic nitrogens is 1. The SMILES string of the molecule is CCOC(=O)c1oc(-c2cc(C)oc2C)nc1C1CC1. The zero-order chi connectivity index (χ0) is 14.3. The fourth-order valence-corrected chi connectivity index (χ4v) is 2.27. The summed E-state index contributed by atoms with van der Waals surface area (Å²) >= 11 is 0. The van der Waals surface area contributed by atoms with Gasteiger partial charge in [-0.25, -0.2) is 9.78 Å². The Labute approximate surface area is 116 Å². The molecule has 1 aliphatic rings. The maximum Gasteiger partial charge on any atom is 0.376 e. The molecule has 1 fully saturated rings. The molecule has 20 heavy (non-hydrogen) atoms. The van der Waals surface area contributed by atoms with E-state index in [1.54, 1.807) is 6.92 Å². The molecule has 0 bridgehead atoms. The summed E-state index contributed by atoms with van der Waals surface area (Å²) in [6.07, 6.45) is 2.09. The molecule has 3 rings (SSSR count). The van der Waals surface area contributed by atoms with E-state index in [4.69, 9.17) is 13.6 Å². The molecule has 0 unspecified atom stereocenters. The van der Waals surface area contributed by atoms with Crippen molar-refractivity contribution in [1.82, 2.24) is 4.98 Å². The van der Waals surface area contributed by atoms with Gasteiger partial charge < -0.3 is 13.6 Å². The first-order chi connectivity index (χ1) is 9.60. The van der Waals surface area contributed by atoms with Crippen LogP contribution in [0.3, 0.4) is 0 Å². The highest BCUT2D eigenvalue weighted by Gasteiger charge is 2.34. The van der Waals surface area contributed by atoms with E-state index >= 15 is 0 Å². The zero-order valence-electron chi connectivity index (χ0n) is 11.9. The lowest BCUT2D eigenvalue weighted by Gasteiger charge is -1.98. The fraction of sp³-hybridized carbons (Fsp3) is 0.467. The highest BCUT2D eigenvalue weighted by Crippen LogP contribution is 2.43. The summed E-state index contributed by atoms with van der Waals surface area (Å²) in [7, 11) is 0. The van der Waals surface area contributed by atoms with Crippen molar-refractivity contribution in [3.63, 3.8) is 0 Å². The maximum absolute atomic E-state index is 12.0. The van der Waals surface area contributed by atoms with Gasteiger partial charge in [-0.1, -0.05) is 0 Å². The Hall–Kier alpha value is -2.04. The second-order valence-electron chi connectivity index (χ2n) is 5.06. The van der Waals surface area contributed by atoms with Gasteiger partial charge >= 0.3 is 5.97 Å². The van der Waals surface area contributed by atoms with E-state index in [9.17, 15) is 4.79 Å². The van der Waals surface area contributed by atoms with Gasteiger partial charge in [-0.15, -0.1) is 0 Å². The number of hydrogen-bond donors (Lipinski definition) is 0. The molecule has 106 valence electrons. The maximum atomic E-state index is 12.0. The quantitative estimate of drug-likeness (QED) is 0.797. The molecule has 5 nitrogen and oxygen atoms in total. The second-order valence-corrected chi connectivity index (χ2v) is 5.06. The number of esters is 1. The third kappa shape index (κ3) is 2.24. The molecule has 0 N–H and O–H groups in total. The van der Waals surface area contributed by atoms with Crippen LogP contribution in [0.5, 0.6) is 0 Å². The summed E-state index contributed by atoms with van der Waals surface area (Å²) in [5, 5.41) is 0. The number of hydrogen-bond acceptors (Lipinski definition) is 5. The lowest BCUT2D eigenvalue weighted by molar-refractivity contribution is 0.0489. The molecule has 0 atom stereocenters. The minimum atomic E-state index is -0.439. The van der Waals surface area contributed by atoms with Crippen LogP contribution in [-0.2, 0) is 4.74 Å². The van der Waals surface area contributed by atoms with Crippen LogP contribution >= 0.6 is 0 Å². The number of ether oxygens (including phenoxy) is 1. The third-order valence-electron chi connectivity index (χ3n) is 3.35. The third-order valence-corrected chi connectivity index (χ3v) is 3.35. The van der Waals surface area contributed by atoms with E-state index in [1.165, 1.54) is 0 Å². The number of aryl methyl sites for hydroxylation is 2. The van der Waals surface area contributed by atoms with Crippen molar-refractivity contribution in [2.45, 2.75) is 39.5 Å². The number of rotatable bonds is 4. The van der Waals surface area contributed by atoms with Gasteiger partial charge in [0.2, 0.25) is 11.7 Å². The molecular formula is C15H17NO4. The van der Waals surface area contributed by atoms with Gasteiger partial charge in [0.05, 0.1) is 17.9 Å². The Morgan fingerprint density at radius 1 is 1.40 bits per heavy atom. The van der Waals surface area contributed by atoms with Crippen molar-refractivity contribution < 1.29 is 18.4 Å². The van der Waals surface area contributed by atoms with Crippen molar-refractivity contribution >= 4 is 5.97 Å². The molecule has 1 aliphatic carbocycles. The van der Waals surface area contributed by atoms with Crippen LogP contribution in [0.15, 0.2) is 14.9 Å². The predicted octanol–water partition coefficient (Wildman–Crippen LogP) is 3.61. The molecule has 0 aliphatic heterocycles. The molecule has 2 aromatic heterocycles. The lowest BCUT2D eigenvalue weighted by Crippen LogP contribution is -2.05. The highest BCUT2D eigenvalue weighted by atomic mass is 16.5. The molecule has 0 amide bonds. The van der Waals surface area contributed by atoms with Crippen LogP contribution in [0, 0.1) is 13.8 Å². The Balaban J connectivity index is 2.03. The van der Waals surface area contributed by atoms with Gasteiger partial charge in [0.15, 0.2) is 0 Å². The predicted molar refractivity (Wildman–Crippen MR) is 71.6 cm³/mol. The Morgan fingerprint density at radius 2 is 2.15 bits per heavy atom. The highest BCUT2D eigenvalue weighted by molar-refractivity contribution is 5.88. The van der Waals surface area contributed by atoms with Crippen LogP contribution in [0.2, 0.25) is 0 Å². The molecule has 1 saturated carbocycles. The minimum absolute atomic E-state index is 0.239. The second kappa shape index (κ2) is 4.81. The number of nitrogens with zero attached hydrogens (tertiary/aromatic N) is 1. The van der Waals surface area contributed by atoms with Crippen molar-refractivity contribution in [3.8, 4) is 11.5 Å². The van der Waals surface area contributed by atoms with Gasteiger partial charge in [0.25, 0.3) is 0 Å². The summed E-state index contributed by atoms with van der Waals surface area (Å²) in [5.74, 6) is 2.08. The van der Waals surface area contributed by atoms with Crippen LogP contribution in [0.25, 0.3) is 11.5 Å². The van der Waals surface area contributed by atoms with E-state index in [1.807, 2.05) is 19.9 Å². The molecule has 2 aromatic rings. The van der Waals surface area contributed by atoms with E-state index in [0.717, 1.165) is 35.6 Å². The van der Waals surface area contributed by atoms with E-state index < -0.39 is 5.97 Å². The first-order valence-electron chi connectivity index (χ1n) is 6.85. The summed E-state index contributed by atoms with van der Waals surface area (Å²) < 4.78 is 16.2. The van der Waals surface area contributed by atoms with Crippen LogP contribution in [0.1, 0.15) is 53.5 Å². The standard InChI is InChI=1S/C15H17NO4/c1-4-18-15(17)13-12(10-5-6-10)16-14(20-13)11-7-8(2)19-9(11)3/h7,10H,4-6H2,1-3H3. The topological polar surface area (TPSA) is 65.5 Å². The monoisotopic (exact) mass is 275 g/mol. The Bertz CT molecular complexity index is 649. The fourth-order valence-electron chi connectivity index (χ4n) is 2.27. The van der Waals surface area contributed by atoms with Crippen LogP contribution < -0.4 is 0 Å². The smallest absolute Gasteiger partial charge is 0.376 e. The average molecular weight is 275 g/mol. The molecule has 5 heteroatoms. The first-order valence-corrected chi connectivity index (χ1v) is 6.85. The largest absolute Gasteiger partial charge is 0.466 e. The molecule has 0 radical (unpaired) electrons. The van der Waals surface area contributed by atoms with Gasteiger partial charge in [0.1, 0.15) is 11.5 Å². The summed E-state index contributed by atoms with van der Waals surface area (Å²) in [6.45, 7) is 5.82. The number of furan rings is 1. The van der Waals surface area contributed by atoms with Crippen molar-refractivity contribution in [1.29, 1.82) is 0 Å². The summed E-state index contributed by atoms with van der Waals surface area (Å²) in [4.78, 5) is 16.4. The number of carbonyl (C=O) groups is 1. The number of carbonyl (C=O) groups excluding carboxylic acids is 1. The van der Waals surface area contributed by atoms with E-state index in [0.29, 0.717) is 18.4 Å². The molecule has 0 spiro atoms.